The first kappa shape index (κ1) is 16.8. The van der Waals surface area contributed by atoms with Crippen molar-refractivity contribution < 1.29 is 27.9 Å². The van der Waals surface area contributed by atoms with Crippen LogP contribution < -0.4 is 11.1 Å². The number of aliphatic carboxylic acids is 1. The summed E-state index contributed by atoms with van der Waals surface area (Å²) in [5, 5.41) is 10.9. The third kappa shape index (κ3) is 7.20. The van der Waals surface area contributed by atoms with Gasteiger partial charge in [-0.25, -0.2) is 13.2 Å². The maximum Gasteiger partial charge on any atom is 0.334 e. The molecule has 0 heterocycles. The summed E-state index contributed by atoms with van der Waals surface area (Å²) in [7, 11) is -1.98. The second-order valence-corrected chi connectivity index (χ2v) is 6.09. The summed E-state index contributed by atoms with van der Waals surface area (Å²) >= 11 is 0. The van der Waals surface area contributed by atoms with Crippen LogP contribution in [-0.4, -0.2) is 63.2 Å². The molecule has 0 aromatic carbocycles. The minimum atomic E-state index is -3.18. The molecule has 9 heteroatoms. The predicted molar refractivity (Wildman–Crippen MR) is 63.7 cm³/mol. The van der Waals surface area contributed by atoms with Crippen molar-refractivity contribution in [2.24, 2.45) is 5.73 Å². The Morgan fingerprint density at radius 2 is 2.00 bits per heavy atom. The lowest BCUT2D eigenvalue weighted by Gasteiger charge is -2.14. The van der Waals surface area contributed by atoms with E-state index in [1.165, 1.54) is 7.11 Å². The monoisotopic (exact) mass is 282 g/mol. The van der Waals surface area contributed by atoms with Gasteiger partial charge in [-0.15, -0.1) is 0 Å². The molecule has 2 atom stereocenters. The normalized spacial score (nSPS) is 14.8. The van der Waals surface area contributed by atoms with E-state index in [0.29, 0.717) is 0 Å². The fraction of sp³-hybridized carbons (Fsp3) is 0.778. The molecule has 2 unspecified atom stereocenters. The number of nitrogens with two attached hydrogens (primary N) is 1. The highest BCUT2D eigenvalue weighted by molar-refractivity contribution is 7.90. The Balaban J connectivity index is 4.13. The first-order valence-electron chi connectivity index (χ1n) is 5.14. The van der Waals surface area contributed by atoms with Crippen molar-refractivity contribution >= 4 is 21.7 Å². The number of carboxylic acids is 1. The fourth-order valence-corrected chi connectivity index (χ4v) is 1.75. The Hall–Kier alpha value is -1.19. The Morgan fingerprint density at radius 1 is 1.44 bits per heavy atom. The molecule has 0 aliphatic carbocycles. The van der Waals surface area contributed by atoms with Crippen LogP contribution in [0.2, 0.25) is 0 Å². The molecule has 8 nitrogen and oxygen atoms in total. The minimum Gasteiger partial charge on any atom is -0.479 e. The highest BCUT2D eigenvalue weighted by atomic mass is 32.2. The number of rotatable bonds is 8. The summed E-state index contributed by atoms with van der Waals surface area (Å²) in [5.74, 6) is -2.02. The Morgan fingerprint density at radius 3 is 2.39 bits per heavy atom. The zero-order valence-electron chi connectivity index (χ0n) is 10.3. The molecule has 18 heavy (non-hydrogen) atoms. The third-order valence-corrected chi connectivity index (χ3v) is 3.14. The average molecular weight is 282 g/mol. The van der Waals surface area contributed by atoms with Gasteiger partial charge in [0.2, 0.25) is 5.91 Å². The summed E-state index contributed by atoms with van der Waals surface area (Å²) in [6, 6.07) is -0.994. The van der Waals surface area contributed by atoms with E-state index in [0.717, 1.165) is 6.26 Å². The molecule has 4 N–H and O–H groups in total. The van der Waals surface area contributed by atoms with E-state index in [1.807, 2.05) is 0 Å². The van der Waals surface area contributed by atoms with Crippen LogP contribution in [0.15, 0.2) is 0 Å². The number of amides is 1. The summed E-state index contributed by atoms with van der Waals surface area (Å²) in [6.07, 6.45) is -0.130. The van der Waals surface area contributed by atoms with Gasteiger partial charge in [0, 0.05) is 13.4 Å². The molecule has 106 valence electrons. The van der Waals surface area contributed by atoms with Crippen LogP contribution in [0.4, 0.5) is 0 Å². The van der Waals surface area contributed by atoms with Crippen molar-refractivity contribution in [1.82, 2.24) is 5.32 Å². The van der Waals surface area contributed by atoms with Gasteiger partial charge in [-0.05, 0) is 6.42 Å². The van der Waals surface area contributed by atoms with Gasteiger partial charge in [0.25, 0.3) is 0 Å². The number of hydrogen-bond donors (Lipinski definition) is 3. The molecule has 0 rings (SSSR count). The second-order valence-electron chi connectivity index (χ2n) is 3.83. The first-order valence-corrected chi connectivity index (χ1v) is 7.20. The van der Waals surface area contributed by atoms with Gasteiger partial charge in [-0.2, -0.15) is 0 Å². The number of carboxylic acid groups (broad SMARTS) is 1. The molecule has 0 aromatic rings. The Bertz CT molecular complexity index is 394. The van der Waals surface area contributed by atoms with Crippen LogP contribution in [0.25, 0.3) is 0 Å². The predicted octanol–water partition coefficient (Wildman–Crippen LogP) is -2.04. The second kappa shape index (κ2) is 7.29. The van der Waals surface area contributed by atoms with Gasteiger partial charge in [0.05, 0.1) is 18.3 Å². The Labute approximate surface area is 105 Å². The van der Waals surface area contributed by atoms with E-state index in [4.69, 9.17) is 10.8 Å². The average Bonchev–Trinajstić information content (AvgIpc) is 2.24. The number of hydrogen-bond acceptors (Lipinski definition) is 6. The molecular formula is C9H18N2O6S. The zero-order valence-corrected chi connectivity index (χ0v) is 11.1. The maximum atomic E-state index is 11.4. The molecule has 0 aliphatic rings. The van der Waals surface area contributed by atoms with Crippen LogP contribution in [0.1, 0.15) is 6.42 Å². The van der Waals surface area contributed by atoms with Crippen LogP contribution in [0.3, 0.4) is 0 Å². The van der Waals surface area contributed by atoms with Crippen molar-refractivity contribution in [3.8, 4) is 0 Å². The standard InChI is InChI=1S/C9H18N2O6S/c1-17-7(9(13)14)5-11-8(12)6(10)3-4-18(2,15)16/h6-7H,3-5,10H2,1-2H3,(H,11,12)(H,13,14). The highest BCUT2D eigenvalue weighted by Gasteiger charge is 2.20. The van der Waals surface area contributed by atoms with Gasteiger partial charge in [0.1, 0.15) is 9.84 Å². The quantitative estimate of drug-likeness (QED) is 0.466. The van der Waals surface area contributed by atoms with Gasteiger partial charge < -0.3 is 20.9 Å². The van der Waals surface area contributed by atoms with E-state index in [9.17, 15) is 18.0 Å². The summed E-state index contributed by atoms with van der Waals surface area (Å²) < 4.78 is 26.4. The van der Waals surface area contributed by atoms with E-state index in [1.54, 1.807) is 0 Å². The van der Waals surface area contributed by atoms with Crippen molar-refractivity contribution in [1.29, 1.82) is 0 Å². The molecule has 0 bridgehead atoms. The molecule has 0 saturated heterocycles. The van der Waals surface area contributed by atoms with Crippen LogP contribution in [-0.2, 0) is 24.2 Å². The number of nitrogens with one attached hydrogen (secondary N) is 1. The largest absolute Gasteiger partial charge is 0.479 e. The number of ether oxygens (including phenoxy) is 1. The molecule has 0 spiro atoms. The topological polar surface area (TPSA) is 136 Å². The van der Waals surface area contributed by atoms with Crippen LogP contribution in [0.5, 0.6) is 0 Å². The number of methoxy groups -OCH3 is 1. The lowest BCUT2D eigenvalue weighted by molar-refractivity contribution is -0.148. The molecular weight excluding hydrogens is 264 g/mol. The summed E-state index contributed by atoms with van der Waals surface area (Å²) in [5.41, 5.74) is 5.46. The zero-order chi connectivity index (χ0) is 14.3. The van der Waals surface area contributed by atoms with Crippen molar-refractivity contribution in [3.63, 3.8) is 0 Å². The lowest BCUT2D eigenvalue weighted by atomic mass is 10.2. The van der Waals surface area contributed by atoms with Crippen molar-refractivity contribution in [2.75, 3.05) is 25.7 Å². The maximum absolute atomic E-state index is 11.4. The van der Waals surface area contributed by atoms with Gasteiger partial charge >= 0.3 is 5.97 Å². The van der Waals surface area contributed by atoms with Crippen LogP contribution in [0, 0.1) is 0 Å². The van der Waals surface area contributed by atoms with Gasteiger partial charge in [-0.1, -0.05) is 0 Å². The number of carbonyl (C=O) groups excluding carboxylic acids is 1. The minimum absolute atomic E-state index is 0.0185. The molecule has 0 radical (unpaired) electrons. The number of carbonyl (C=O) groups is 2. The van der Waals surface area contributed by atoms with E-state index in [-0.39, 0.29) is 18.7 Å². The SMILES string of the molecule is COC(CNC(=O)C(N)CCS(C)(=O)=O)C(=O)O. The van der Waals surface area contributed by atoms with Crippen molar-refractivity contribution in [3.05, 3.63) is 0 Å². The smallest absolute Gasteiger partial charge is 0.334 e. The highest BCUT2D eigenvalue weighted by Crippen LogP contribution is 1.95. The van der Waals surface area contributed by atoms with E-state index < -0.39 is 33.9 Å². The first-order chi connectivity index (χ1) is 8.17. The van der Waals surface area contributed by atoms with Crippen LogP contribution >= 0.6 is 0 Å². The number of sulfone groups is 1. The summed E-state index contributed by atoms with van der Waals surface area (Å²) in [6.45, 7) is -0.225. The molecule has 0 fully saturated rings. The molecule has 0 saturated carbocycles. The Kier molecular flexibility index (Phi) is 6.81. The van der Waals surface area contributed by atoms with Gasteiger partial charge in [-0.3, -0.25) is 4.79 Å². The molecule has 0 aliphatic heterocycles. The lowest BCUT2D eigenvalue weighted by Crippen LogP contribution is -2.46. The van der Waals surface area contributed by atoms with Gasteiger partial charge in [0.15, 0.2) is 6.10 Å². The van der Waals surface area contributed by atoms with E-state index in [2.05, 4.69) is 10.1 Å². The summed E-state index contributed by atoms with van der Waals surface area (Å²) in [4.78, 5) is 22.0. The fourth-order valence-electron chi connectivity index (χ4n) is 1.07. The molecule has 1 amide bonds. The third-order valence-electron chi connectivity index (χ3n) is 2.16. The molecule has 0 aromatic heterocycles. The van der Waals surface area contributed by atoms with Crippen molar-refractivity contribution in [2.45, 2.75) is 18.6 Å². The van der Waals surface area contributed by atoms with E-state index >= 15 is 0 Å².